The zero-order chi connectivity index (χ0) is 33.7. The molecule has 1 aliphatic rings. The van der Waals surface area contributed by atoms with Gasteiger partial charge in [0.05, 0.1) is 32.5 Å². The van der Waals surface area contributed by atoms with Crippen LogP contribution in [0.2, 0.25) is 0 Å². The maximum absolute atomic E-state index is 12.5. The number of nitrogens with one attached hydrogen (secondary N) is 1. The standard InChI is InChI=1S/C38H49N3O7/c1-43-25-27-45-30-47-35-18-17-32(29-36(35)48-31-46-28-26-44-2)11-9-10-16-37(42)39-19-20-40-21-23-41(24-22-40)38(33-12-5-3-6-13-33)34-14-7-4-8-15-34/h3-18,29,38H,19-28,30-31H2,1-2H3,(H,39,42). The average molecular weight is 660 g/mol. The molecule has 0 spiro atoms. The van der Waals surface area contributed by atoms with Crippen molar-refractivity contribution in [1.82, 2.24) is 15.1 Å². The first-order valence-electron chi connectivity index (χ1n) is 16.4. The molecule has 1 saturated heterocycles. The predicted octanol–water partition coefficient (Wildman–Crippen LogP) is 4.78. The van der Waals surface area contributed by atoms with E-state index in [9.17, 15) is 4.79 Å². The Kier molecular flexibility index (Phi) is 16.7. The first kappa shape index (κ1) is 36.8. The molecule has 0 aromatic heterocycles. The summed E-state index contributed by atoms with van der Waals surface area (Å²) >= 11 is 0. The molecule has 4 rings (SSSR count). The predicted molar refractivity (Wildman–Crippen MR) is 187 cm³/mol. The van der Waals surface area contributed by atoms with Gasteiger partial charge < -0.3 is 33.7 Å². The van der Waals surface area contributed by atoms with Crippen LogP contribution in [0.4, 0.5) is 0 Å². The van der Waals surface area contributed by atoms with Crippen LogP contribution in [0.1, 0.15) is 22.7 Å². The number of piperazine rings is 1. The van der Waals surface area contributed by atoms with Crippen molar-refractivity contribution in [2.24, 2.45) is 0 Å². The number of hydrogen-bond acceptors (Lipinski definition) is 9. The Bertz CT molecular complexity index is 1340. The highest BCUT2D eigenvalue weighted by atomic mass is 16.7. The molecule has 1 aliphatic heterocycles. The number of allylic oxidation sites excluding steroid dienone is 2. The summed E-state index contributed by atoms with van der Waals surface area (Å²) in [5.41, 5.74) is 3.50. The van der Waals surface area contributed by atoms with Gasteiger partial charge in [-0.05, 0) is 28.8 Å². The molecule has 0 bridgehead atoms. The molecule has 1 fully saturated rings. The molecular formula is C38H49N3O7. The van der Waals surface area contributed by atoms with Crippen molar-refractivity contribution in [3.63, 3.8) is 0 Å². The molecule has 1 N–H and O–H groups in total. The third kappa shape index (κ3) is 12.9. The van der Waals surface area contributed by atoms with E-state index in [1.165, 1.54) is 17.2 Å². The van der Waals surface area contributed by atoms with Gasteiger partial charge >= 0.3 is 0 Å². The summed E-state index contributed by atoms with van der Waals surface area (Å²) in [4.78, 5) is 17.4. The van der Waals surface area contributed by atoms with Crippen LogP contribution in [0.15, 0.2) is 97.1 Å². The average Bonchev–Trinajstić information content (AvgIpc) is 3.12. The Labute approximate surface area is 284 Å². The first-order chi connectivity index (χ1) is 23.7. The minimum absolute atomic E-state index is 0.0507. The number of nitrogens with zero attached hydrogens (tertiary/aromatic N) is 2. The Morgan fingerprint density at radius 3 is 1.96 bits per heavy atom. The molecule has 0 radical (unpaired) electrons. The molecule has 0 atom stereocenters. The molecule has 1 amide bonds. The fourth-order valence-corrected chi connectivity index (χ4v) is 5.31. The van der Waals surface area contributed by atoms with Crippen molar-refractivity contribution < 1.29 is 33.2 Å². The Hall–Kier alpha value is -4.03. The van der Waals surface area contributed by atoms with Crippen LogP contribution in [-0.2, 0) is 23.7 Å². The van der Waals surface area contributed by atoms with Gasteiger partial charge in [0.1, 0.15) is 0 Å². The highest BCUT2D eigenvalue weighted by Crippen LogP contribution is 2.30. The summed E-state index contributed by atoms with van der Waals surface area (Å²) in [6, 6.07) is 27.2. The third-order valence-corrected chi connectivity index (χ3v) is 7.80. The molecule has 258 valence electrons. The van der Waals surface area contributed by atoms with Crippen molar-refractivity contribution in [1.29, 1.82) is 0 Å². The Balaban J connectivity index is 1.20. The smallest absolute Gasteiger partial charge is 0.244 e. The van der Waals surface area contributed by atoms with Crippen molar-refractivity contribution in [2.75, 3.05) is 93.5 Å². The van der Waals surface area contributed by atoms with Gasteiger partial charge in [-0.25, -0.2) is 0 Å². The van der Waals surface area contributed by atoms with Crippen molar-refractivity contribution >= 4 is 12.0 Å². The van der Waals surface area contributed by atoms with Crippen LogP contribution in [0.3, 0.4) is 0 Å². The normalized spacial score (nSPS) is 14.2. The number of benzene rings is 3. The molecule has 10 heteroatoms. The van der Waals surface area contributed by atoms with Crippen LogP contribution in [0, 0.1) is 0 Å². The monoisotopic (exact) mass is 659 g/mol. The van der Waals surface area contributed by atoms with E-state index in [-0.39, 0.29) is 25.5 Å². The van der Waals surface area contributed by atoms with E-state index in [0.717, 1.165) is 38.3 Å². The number of hydrogen-bond donors (Lipinski definition) is 1. The fourth-order valence-electron chi connectivity index (χ4n) is 5.31. The molecule has 10 nitrogen and oxygen atoms in total. The molecule has 0 saturated carbocycles. The van der Waals surface area contributed by atoms with Crippen molar-refractivity contribution in [3.05, 3.63) is 114 Å². The molecular weight excluding hydrogens is 610 g/mol. The minimum atomic E-state index is -0.124. The molecule has 3 aromatic rings. The largest absolute Gasteiger partial charge is 0.464 e. The van der Waals surface area contributed by atoms with Gasteiger partial charge in [0.25, 0.3) is 0 Å². The second-order valence-electron chi connectivity index (χ2n) is 11.1. The number of carbonyl (C=O) groups excluding carboxylic acids is 1. The Morgan fingerprint density at radius 2 is 1.35 bits per heavy atom. The molecule has 3 aromatic carbocycles. The summed E-state index contributed by atoms with van der Waals surface area (Å²) in [6.07, 6.45) is 6.97. The van der Waals surface area contributed by atoms with Gasteiger partial charge in [0.15, 0.2) is 25.1 Å². The zero-order valence-corrected chi connectivity index (χ0v) is 28.1. The minimum Gasteiger partial charge on any atom is -0.464 e. The van der Waals surface area contributed by atoms with Gasteiger partial charge in [-0.3, -0.25) is 14.6 Å². The first-order valence-corrected chi connectivity index (χ1v) is 16.4. The van der Waals surface area contributed by atoms with E-state index in [1.54, 1.807) is 20.3 Å². The second-order valence-corrected chi connectivity index (χ2v) is 11.1. The van der Waals surface area contributed by atoms with E-state index in [4.69, 9.17) is 28.4 Å². The fraction of sp³-hybridized carbons (Fsp3) is 0.395. The number of rotatable bonds is 21. The third-order valence-electron chi connectivity index (χ3n) is 7.80. The molecule has 48 heavy (non-hydrogen) atoms. The van der Waals surface area contributed by atoms with Crippen LogP contribution in [-0.4, -0.2) is 109 Å². The maximum atomic E-state index is 12.5. The van der Waals surface area contributed by atoms with Crippen LogP contribution >= 0.6 is 0 Å². The number of carbonyl (C=O) groups is 1. The maximum Gasteiger partial charge on any atom is 0.244 e. The lowest BCUT2D eigenvalue weighted by Gasteiger charge is -2.39. The van der Waals surface area contributed by atoms with Gasteiger partial charge in [-0.2, -0.15) is 0 Å². The van der Waals surface area contributed by atoms with E-state index < -0.39 is 0 Å². The summed E-state index contributed by atoms with van der Waals surface area (Å²) in [5, 5.41) is 3.01. The summed E-state index contributed by atoms with van der Waals surface area (Å²) in [6.45, 7) is 7.18. The van der Waals surface area contributed by atoms with Gasteiger partial charge in [0.2, 0.25) is 5.91 Å². The van der Waals surface area contributed by atoms with Crippen LogP contribution in [0.5, 0.6) is 11.5 Å². The van der Waals surface area contributed by atoms with Crippen LogP contribution < -0.4 is 14.8 Å². The Morgan fingerprint density at radius 1 is 0.750 bits per heavy atom. The van der Waals surface area contributed by atoms with Gasteiger partial charge in [0, 0.05) is 59.6 Å². The van der Waals surface area contributed by atoms with Crippen molar-refractivity contribution in [2.45, 2.75) is 6.04 Å². The lowest BCUT2D eigenvalue weighted by atomic mass is 9.96. The van der Waals surface area contributed by atoms with E-state index in [2.05, 4.69) is 75.8 Å². The highest BCUT2D eigenvalue weighted by molar-refractivity contribution is 5.87. The quantitative estimate of drug-likeness (QED) is 0.0752. The lowest BCUT2D eigenvalue weighted by molar-refractivity contribution is -0.116. The molecule has 0 unspecified atom stereocenters. The lowest BCUT2D eigenvalue weighted by Crippen LogP contribution is -2.49. The molecule has 1 heterocycles. The van der Waals surface area contributed by atoms with Gasteiger partial charge in [-0.1, -0.05) is 85.0 Å². The number of methoxy groups -OCH3 is 2. The van der Waals surface area contributed by atoms with E-state index >= 15 is 0 Å². The van der Waals surface area contributed by atoms with Crippen LogP contribution in [0.25, 0.3) is 6.08 Å². The van der Waals surface area contributed by atoms with Gasteiger partial charge in [-0.15, -0.1) is 0 Å². The highest BCUT2D eigenvalue weighted by Gasteiger charge is 2.26. The molecule has 0 aliphatic carbocycles. The second kappa shape index (κ2) is 21.8. The SMILES string of the molecule is COCCOCOc1ccc(C=CC=CC(=O)NCCN2CCN(C(c3ccccc3)c3ccccc3)CC2)cc1OCOCCOC. The zero-order valence-electron chi connectivity index (χ0n) is 28.1. The van der Waals surface area contributed by atoms with E-state index in [0.29, 0.717) is 44.5 Å². The number of ether oxygens (including phenoxy) is 6. The summed E-state index contributed by atoms with van der Waals surface area (Å²) < 4.78 is 32.4. The van der Waals surface area contributed by atoms with E-state index in [1.807, 2.05) is 30.4 Å². The number of amides is 1. The van der Waals surface area contributed by atoms with Crippen molar-refractivity contribution in [3.8, 4) is 11.5 Å². The summed E-state index contributed by atoms with van der Waals surface area (Å²) in [5.74, 6) is 0.924. The topological polar surface area (TPSA) is 91.0 Å². The summed E-state index contributed by atoms with van der Waals surface area (Å²) in [7, 11) is 3.23.